The molecule has 0 atom stereocenters. The lowest BCUT2D eigenvalue weighted by Gasteiger charge is -2.21. The molecule has 0 bridgehead atoms. The van der Waals surface area contributed by atoms with Crippen molar-refractivity contribution in [1.29, 1.82) is 0 Å². The maximum absolute atomic E-state index is 11.7. The number of likely N-dealkylation sites (tertiary alicyclic amines) is 1. The highest BCUT2D eigenvalue weighted by Crippen LogP contribution is 2.09. The molecule has 1 fully saturated rings. The number of guanidine groups is 1. The number of carbonyl (C=O) groups is 1. The van der Waals surface area contributed by atoms with Gasteiger partial charge in [0.15, 0.2) is 5.96 Å². The predicted octanol–water partition coefficient (Wildman–Crippen LogP) is 3.09. The van der Waals surface area contributed by atoms with Crippen LogP contribution in [0, 0.1) is 0 Å². The van der Waals surface area contributed by atoms with Crippen molar-refractivity contribution in [3.8, 4) is 0 Å². The van der Waals surface area contributed by atoms with Crippen molar-refractivity contribution in [3.63, 3.8) is 0 Å². The molecule has 2 rings (SSSR count). The number of unbranched alkanes of at least 4 members (excludes halogenated alkanes) is 1. The second-order valence-corrected chi connectivity index (χ2v) is 6.24. The Morgan fingerprint density at radius 1 is 1.08 bits per heavy atom. The lowest BCUT2D eigenvalue weighted by atomic mass is 10.2. The summed E-state index contributed by atoms with van der Waals surface area (Å²) in [4.78, 5) is 18.3. The zero-order chi connectivity index (χ0) is 17.0. The number of esters is 1. The molecule has 0 amide bonds. The number of hydrogen-bond donors (Lipinski definition) is 1. The monoisotopic (exact) mass is 331 g/mol. The van der Waals surface area contributed by atoms with E-state index in [1.54, 1.807) is 0 Å². The average Bonchev–Trinajstić information content (AvgIpc) is 2.90. The van der Waals surface area contributed by atoms with Crippen molar-refractivity contribution in [1.82, 2.24) is 4.90 Å². The van der Waals surface area contributed by atoms with Gasteiger partial charge in [-0.3, -0.25) is 9.79 Å². The quantitative estimate of drug-likeness (QED) is 0.361. The summed E-state index contributed by atoms with van der Waals surface area (Å²) in [5, 5.41) is 0. The number of carbonyl (C=O) groups excluding carboxylic acids is 1. The van der Waals surface area contributed by atoms with Crippen LogP contribution in [0.1, 0.15) is 50.5 Å². The van der Waals surface area contributed by atoms with E-state index in [0.717, 1.165) is 31.5 Å². The van der Waals surface area contributed by atoms with E-state index >= 15 is 0 Å². The molecule has 0 radical (unpaired) electrons. The summed E-state index contributed by atoms with van der Waals surface area (Å²) in [5.74, 6) is 0.506. The van der Waals surface area contributed by atoms with Gasteiger partial charge in [0, 0.05) is 26.1 Å². The minimum absolute atomic E-state index is 0.150. The lowest BCUT2D eigenvalue weighted by molar-refractivity contribution is -0.145. The highest BCUT2D eigenvalue weighted by Gasteiger charge is 2.10. The van der Waals surface area contributed by atoms with Crippen LogP contribution in [-0.4, -0.2) is 36.5 Å². The Balaban J connectivity index is 1.56. The van der Waals surface area contributed by atoms with Gasteiger partial charge >= 0.3 is 5.97 Å². The number of benzene rings is 1. The topological polar surface area (TPSA) is 67.9 Å². The Labute approximate surface area is 144 Å². The molecule has 0 aromatic heterocycles. The highest BCUT2D eigenvalue weighted by molar-refractivity contribution is 5.78. The van der Waals surface area contributed by atoms with Crippen LogP contribution < -0.4 is 5.73 Å². The third-order valence-corrected chi connectivity index (χ3v) is 4.24. The average molecular weight is 331 g/mol. The van der Waals surface area contributed by atoms with E-state index in [9.17, 15) is 4.79 Å². The summed E-state index contributed by atoms with van der Waals surface area (Å²) >= 11 is 0. The van der Waals surface area contributed by atoms with Crippen molar-refractivity contribution in [3.05, 3.63) is 35.9 Å². The smallest absolute Gasteiger partial charge is 0.306 e. The van der Waals surface area contributed by atoms with Crippen molar-refractivity contribution < 1.29 is 9.53 Å². The van der Waals surface area contributed by atoms with Crippen molar-refractivity contribution in [2.45, 2.75) is 51.6 Å². The molecule has 132 valence electrons. The van der Waals surface area contributed by atoms with Crippen LogP contribution in [0.15, 0.2) is 35.3 Å². The normalized spacial score (nSPS) is 15.8. The number of hydrogen-bond acceptors (Lipinski definition) is 3. The highest BCUT2D eigenvalue weighted by atomic mass is 16.5. The second-order valence-electron chi connectivity index (χ2n) is 6.24. The summed E-state index contributed by atoms with van der Waals surface area (Å²) < 4.78 is 5.26. The van der Waals surface area contributed by atoms with E-state index in [1.165, 1.54) is 25.7 Å². The van der Waals surface area contributed by atoms with Crippen LogP contribution in [0.2, 0.25) is 0 Å². The summed E-state index contributed by atoms with van der Waals surface area (Å²) in [7, 11) is 0. The van der Waals surface area contributed by atoms with Crippen LogP contribution in [0.25, 0.3) is 0 Å². The minimum Gasteiger partial charge on any atom is -0.461 e. The molecule has 1 heterocycles. The maximum Gasteiger partial charge on any atom is 0.306 e. The van der Waals surface area contributed by atoms with Gasteiger partial charge in [0.2, 0.25) is 0 Å². The summed E-state index contributed by atoms with van der Waals surface area (Å²) in [6.07, 6.45) is 7.04. The molecule has 0 aliphatic carbocycles. The first-order valence-electron chi connectivity index (χ1n) is 9.00. The second kappa shape index (κ2) is 10.7. The minimum atomic E-state index is -0.150. The molecular weight excluding hydrogens is 302 g/mol. The molecule has 0 spiro atoms. The van der Waals surface area contributed by atoms with Gasteiger partial charge in [-0.1, -0.05) is 43.2 Å². The van der Waals surface area contributed by atoms with Crippen LogP contribution in [0.4, 0.5) is 0 Å². The molecule has 24 heavy (non-hydrogen) atoms. The van der Waals surface area contributed by atoms with E-state index in [-0.39, 0.29) is 5.97 Å². The molecule has 0 unspecified atom stereocenters. The van der Waals surface area contributed by atoms with Crippen molar-refractivity contribution >= 4 is 11.9 Å². The van der Waals surface area contributed by atoms with Crippen molar-refractivity contribution in [2.24, 2.45) is 10.7 Å². The first kappa shape index (κ1) is 18.3. The summed E-state index contributed by atoms with van der Waals surface area (Å²) in [5.41, 5.74) is 7.07. The lowest BCUT2D eigenvalue weighted by Crippen LogP contribution is -2.38. The van der Waals surface area contributed by atoms with E-state index in [4.69, 9.17) is 10.5 Å². The Hall–Kier alpha value is -2.04. The van der Waals surface area contributed by atoms with Crippen LogP contribution in [0.3, 0.4) is 0 Å². The SMILES string of the molecule is NC(=NCCCCC(=O)OCc1ccccc1)N1CCCCCC1. The third kappa shape index (κ3) is 7.02. The number of aliphatic imine (C=N–C) groups is 1. The molecule has 1 aromatic carbocycles. The fourth-order valence-corrected chi connectivity index (χ4v) is 2.78. The fraction of sp³-hybridized carbons (Fsp3) is 0.579. The zero-order valence-electron chi connectivity index (χ0n) is 14.5. The molecule has 2 N–H and O–H groups in total. The first-order chi connectivity index (χ1) is 11.8. The summed E-state index contributed by atoms with van der Waals surface area (Å²) in [6, 6.07) is 9.73. The molecule has 1 aliphatic heterocycles. The largest absolute Gasteiger partial charge is 0.461 e. The maximum atomic E-state index is 11.7. The zero-order valence-corrected chi connectivity index (χ0v) is 14.5. The van der Waals surface area contributed by atoms with Gasteiger partial charge in [-0.25, -0.2) is 0 Å². The van der Waals surface area contributed by atoms with E-state index in [1.807, 2.05) is 30.3 Å². The Kier molecular flexibility index (Phi) is 8.15. The number of nitrogens with two attached hydrogens (primary N) is 1. The van der Waals surface area contributed by atoms with E-state index in [0.29, 0.717) is 25.5 Å². The standard InChI is InChI=1S/C19H29N3O2/c20-19(22-14-8-1-2-9-15-22)21-13-7-6-12-18(23)24-16-17-10-4-3-5-11-17/h3-5,10-11H,1-2,6-9,12-16H2,(H2,20,21). The first-order valence-corrected chi connectivity index (χ1v) is 9.00. The number of ether oxygens (including phenoxy) is 1. The molecule has 1 aliphatic rings. The molecule has 5 nitrogen and oxygen atoms in total. The van der Waals surface area contributed by atoms with Crippen LogP contribution >= 0.6 is 0 Å². The molecule has 1 saturated heterocycles. The van der Waals surface area contributed by atoms with E-state index < -0.39 is 0 Å². The van der Waals surface area contributed by atoms with Crippen LogP contribution in [0.5, 0.6) is 0 Å². The van der Waals surface area contributed by atoms with Gasteiger partial charge in [-0.15, -0.1) is 0 Å². The number of rotatable bonds is 7. The van der Waals surface area contributed by atoms with Crippen LogP contribution in [-0.2, 0) is 16.1 Å². The Morgan fingerprint density at radius 3 is 2.50 bits per heavy atom. The molecule has 5 heteroatoms. The van der Waals surface area contributed by atoms with Gasteiger partial charge in [0.25, 0.3) is 0 Å². The molecular formula is C19H29N3O2. The molecule has 0 saturated carbocycles. The Morgan fingerprint density at radius 2 is 1.79 bits per heavy atom. The number of nitrogens with zero attached hydrogens (tertiary/aromatic N) is 2. The molecule has 1 aromatic rings. The summed E-state index contributed by atoms with van der Waals surface area (Å²) in [6.45, 7) is 3.05. The van der Waals surface area contributed by atoms with Gasteiger partial charge in [0.05, 0.1) is 0 Å². The van der Waals surface area contributed by atoms with Gasteiger partial charge in [0.1, 0.15) is 6.61 Å². The van der Waals surface area contributed by atoms with E-state index in [2.05, 4.69) is 9.89 Å². The Bertz CT molecular complexity index is 509. The van der Waals surface area contributed by atoms with Gasteiger partial charge in [-0.2, -0.15) is 0 Å². The fourth-order valence-electron chi connectivity index (χ4n) is 2.78. The van der Waals surface area contributed by atoms with Gasteiger partial charge < -0.3 is 15.4 Å². The predicted molar refractivity (Wildman–Crippen MR) is 96.6 cm³/mol. The third-order valence-electron chi connectivity index (χ3n) is 4.24. The van der Waals surface area contributed by atoms with Crippen molar-refractivity contribution in [2.75, 3.05) is 19.6 Å². The van der Waals surface area contributed by atoms with Gasteiger partial charge in [-0.05, 0) is 31.2 Å².